The normalized spacial score (nSPS) is 13.0. The van der Waals surface area contributed by atoms with Crippen LogP contribution in [-0.4, -0.2) is 15.0 Å². The van der Waals surface area contributed by atoms with Crippen molar-refractivity contribution < 1.29 is 0 Å². The zero-order valence-corrected chi connectivity index (χ0v) is 13.7. The molecule has 3 rings (SSSR count). The van der Waals surface area contributed by atoms with Crippen LogP contribution in [0.3, 0.4) is 0 Å². The molecule has 3 nitrogen and oxygen atoms in total. The molecule has 0 fully saturated rings. The number of rotatable bonds is 4. The number of nitrogens with zero attached hydrogens (tertiary/aromatic N) is 2. The number of fused-ring (bicyclic) bond motifs is 1. The molecule has 0 saturated carbocycles. The third-order valence-electron chi connectivity index (χ3n) is 4.19. The van der Waals surface area contributed by atoms with E-state index in [9.17, 15) is 0 Å². The van der Waals surface area contributed by atoms with E-state index in [-0.39, 0.29) is 5.92 Å². The molecule has 2 aromatic heterocycles. The summed E-state index contributed by atoms with van der Waals surface area (Å²) in [7, 11) is 0. The molecule has 0 aliphatic heterocycles. The average molecular weight is 293 g/mol. The number of aromatic nitrogens is 3. The molecule has 1 N–H and O–H groups in total. The Morgan fingerprint density at radius 2 is 1.73 bits per heavy atom. The number of H-pyrrole nitrogens is 1. The van der Waals surface area contributed by atoms with Crippen LogP contribution in [0.4, 0.5) is 0 Å². The quantitative estimate of drug-likeness (QED) is 0.762. The van der Waals surface area contributed by atoms with Crippen molar-refractivity contribution in [2.24, 2.45) is 5.92 Å². The summed E-state index contributed by atoms with van der Waals surface area (Å²) >= 11 is 0. The van der Waals surface area contributed by atoms with Gasteiger partial charge in [0.1, 0.15) is 5.82 Å². The van der Waals surface area contributed by atoms with Crippen LogP contribution < -0.4 is 0 Å². The van der Waals surface area contributed by atoms with E-state index >= 15 is 0 Å². The summed E-state index contributed by atoms with van der Waals surface area (Å²) in [6.07, 6.45) is 4.96. The summed E-state index contributed by atoms with van der Waals surface area (Å²) < 4.78 is 0. The van der Waals surface area contributed by atoms with Crippen molar-refractivity contribution in [3.05, 3.63) is 59.3 Å². The zero-order valence-electron chi connectivity index (χ0n) is 13.7. The molecule has 1 atom stereocenters. The van der Waals surface area contributed by atoms with Crippen molar-refractivity contribution in [2.75, 3.05) is 0 Å². The highest BCUT2D eigenvalue weighted by molar-refractivity contribution is 5.85. The van der Waals surface area contributed by atoms with Gasteiger partial charge in [-0.15, -0.1) is 0 Å². The smallest absolute Gasteiger partial charge is 0.125 e. The van der Waals surface area contributed by atoms with Gasteiger partial charge in [0.05, 0.1) is 0 Å². The molecule has 3 aromatic rings. The van der Waals surface area contributed by atoms with Crippen molar-refractivity contribution in [1.82, 2.24) is 15.0 Å². The first-order chi connectivity index (χ1) is 10.6. The van der Waals surface area contributed by atoms with Crippen molar-refractivity contribution in [3.8, 4) is 0 Å². The predicted octanol–water partition coefficient (Wildman–Crippen LogP) is 4.62. The first kappa shape index (κ1) is 14.8. The van der Waals surface area contributed by atoms with Crippen LogP contribution in [0.2, 0.25) is 0 Å². The van der Waals surface area contributed by atoms with Crippen LogP contribution in [0.1, 0.15) is 49.3 Å². The third kappa shape index (κ3) is 2.76. The van der Waals surface area contributed by atoms with Gasteiger partial charge in [-0.05, 0) is 36.5 Å². The Balaban J connectivity index is 2.10. The molecule has 114 valence electrons. The lowest BCUT2D eigenvalue weighted by molar-refractivity contribution is 0.642. The minimum absolute atomic E-state index is 0.266. The number of aromatic amines is 1. The molecule has 0 amide bonds. The first-order valence-corrected chi connectivity index (χ1v) is 7.94. The van der Waals surface area contributed by atoms with E-state index in [0.717, 1.165) is 17.8 Å². The first-order valence-electron chi connectivity index (χ1n) is 7.94. The Morgan fingerprint density at radius 3 is 2.41 bits per heavy atom. The molecule has 0 aliphatic carbocycles. The molecular weight excluding hydrogens is 270 g/mol. The summed E-state index contributed by atoms with van der Waals surface area (Å²) in [5, 5.41) is 1.34. The summed E-state index contributed by atoms with van der Waals surface area (Å²) in [6.45, 7) is 8.68. The Hall–Kier alpha value is -2.16. The number of hydrogen-bond donors (Lipinski definition) is 1. The zero-order chi connectivity index (χ0) is 15.7. The van der Waals surface area contributed by atoms with Gasteiger partial charge in [-0.3, -0.25) is 0 Å². The van der Waals surface area contributed by atoms with Gasteiger partial charge in [-0.1, -0.05) is 39.0 Å². The highest BCUT2D eigenvalue weighted by Gasteiger charge is 2.19. The lowest BCUT2D eigenvalue weighted by Gasteiger charge is -2.14. The Bertz CT molecular complexity index is 769. The third-order valence-corrected chi connectivity index (χ3v) is 4.19. The molecule has 2 heterocycles. The molecular formula is C19H23N3. The lowest BCUT2D eigenvalue weighted by Crippen LogP contribution is -2.04. The fourth-order valence-electron chi connectivity index (χ4n) is 3.01. The van der Waals surface area contributed by atoms with Gasteiger partial charge >= 0.3 is 0 Å². The lowest BCUT2D eigenvalue weighted by atomic mass is 9.92. The average Bonchev–Trinajstić information content (AvgIpc) is 2.86. The maximum absolute atomic E-state index is 4.35. The van der Waals surface area contributed by atoms with Gasteiger partial charge in [0.15, 0.2) is 0 Å². The van der Waals surface area contributed by atoms with Gasteiger partial charge < -0.3 is 4.98 Å². The predicted molar refractivity (Wildman–Crippen MR) is 91.1 cm³/mol. The number of benzene rings is 1. The highest BCUT2D eigenvalue weighted by Crippen LogP contribution is 2.32. The minimum Gasteiger partial charge on any atom is -0.358 e. The molecule has 1 aromatic carbocycles. The topological polar surface area (TPSA) is 41.6 Å². The van der Waals surface area contributed by atoms with E-state index < -0.39 is 0 Å². The molecule has 0 bridgehead atoms. The van der Waals surface area contributed by atoms with Gasteiger partial charge in [0.2, 0.25) is 0 Å². The van der Waals surface area contributed by atoms with E-state index in [1.54, 1.807) is 0 Å². The minimum atomic E-state index is 0.266. The fraction of sp³-hybridized carbons (Fsp3) is 0.368. The van der Waals surface area contributed by atoms with Crippen LogP contribution in [0.15, 0.2) is 36.7 Å². The molecule has 0 aliphatic rings. The van der Waals surface area contributed by atoms with E-state index in [4.69, 9.17) is 0 Å². The number of aryl methyl sites for hydroxylation is 1. The van der Waals surface area contributed by atoms with Crippen molar-refractivity contribution in [1.29, 1.82) is 0 Å². The summed E-state index contributed by atoms with van der Waals surface area (Å²) in [6, 6.07) is 8.57. The maximum atomic E-state index is 4.35. The second-order valence-electron chi connectivity index (χ2n) is 6.45. The molecule has 1 unspecified atom stereocenters. The fourth-order valence-corrected chi connectivity index (χ4v) is 3.01. The SMILES string of the molecule is Cc1ncc(C(C)c2[nH]c3ccccc3c2CC(C)C)cn1. The van der Waals surface area contributed by atoms with Gasteiger partial charge in [-0.25, -0.2) is 9.97 Å². The Labute approximate surface area is 131 Å². The molecule has 3 heteroatoms. The molecule has 0 spiro atoms. The standard InChI is InChI=1S/C19H23N3/c1-12(2)9-17-16-7-5-6-8-18(16)22-19(17)13(3)15-10-20-14(4)21-11-15/h5-8,10-13,22H,9H2,1-4H3. The number of nitrogens with one attached hydrogen (secondary N) is 1. The Morgan fingerprint density at radius 1 is 1.05 bits per heavy atom. The maximum Gasteiger partial charge on any atom is 0.125 e. The largest absolute Gasteiger partial charge is 0.358 e. The van der Waals surface area contributed by atoms with Crippen LogP contribution >= 0.6 is 0 Å². The second kappa shape index (κ2) is 5.91. The van der Waals surface area contributed by atoms with Crippen LogP contribution in [0.25, 0.3) is 10.9 Å². The summed E-state index contributed by atoms with van der Waals surface area (Å²) in [5.41, 5.74) is 5.09. The number of para-hydroxylation sites is 1. The van der Waals surface area contributed by atoms with Crippen molar-refractivity contribution >= 4 is 10.9 Å². The van der Waals surface area contributed by atoms with Crippen LogP contribution in [0, 0.1) is 12.8 Å². The van der Waals surface area contributed by atoms with Gasteiger partial charge in [0.25, 0.3) is 0 Å². The Kier molecular flexibility index (Phi) is 3.97. The van der Waals surface area contributed by atoms with Crippen LogP contribution in [0.5, 0.6) is 0 Å². The second-order valence-corrected chi connectivity index (χ2v) is 6.45. The molecule has 22 heavy (non-hydrogen) atoms. The van der Waals surface area contributed by atoms with Crippen LogP contribution in [-0.2, 0) is 6.42 Å². The summed E-state index contributed by atoms with van der Waals surface area (Å²) in [4.78, 5) is 12.3. The highest BCUT2D eigenvalue weighted by atomic mass is 14.8. The van der Waals surface area contributed by atoms with E-state index in [1.807, 2.05) is 19.3 Å². The molecule has 0 radical (unpaired) electrons. The van der Waals surface area contributed by atoms with Gasteiger partial charge in [0, 0.05) is 34.9 Å². The monoisotopic (exact) mass is 293 g/mol. The van der Waals surface area contributed by atoms with Crippen molar-refractivity contribution in [2.45, 2.75) is 40.0 Å². The number of hydrogen-bond acceptors (Lipinski definition) is 2. The van der Waals surface area contributed by atoms with Crippen molar-refractivity contribution in [3.63, 3.8) is 0 Å². The van der Waals surface area contributed by atoms with E-state index in [2.05, 4.69) is 60.0 Å². The van der Waals surface area contributed by atoms with Gasteiger partial charge in [-0.2, -0.15) is 0 Å². The van der Waals surface area contributed by atoms with E-state index in [1.165, 1.54) is 22.2 Å². The molecule has 0 saturated heterocycles. The summed E-state index contributed by atoms with van der Waals surface area (Å²) in [5.74, 6) is 1.70. The van der Waals surface area contributed by atoms with E-state index in [0.29, 0.717) is 5.92 Å².